The van der Waals surface area contributed by atoms with Crippen molar-refractivity contribution in [2.24, 2.45) is 0 Å². The number of hydrogen-bond acceptors (Lipinski definition) is 4. The molecule has 1 aromatic heterocycles. The molecule has 1 fully saturated rings. The van der Waals surface area contributed by atoms with Gasteiger partial charge in [0, 0.05) is 24.0 Å². The van der Waals surface area contributed by atoms with E-state index in [1.807, 2.05) is 25.1 Å². The number of likely N-dealkylation sites (tertiary alicyclic amines) is 1. The Morgan fingerprint density at radius 2 is 1.85 bits per heavy atom. The van der Waals surface area contributed by atoms with Crippen molar-refractivity contribution in [3.63, 3.8) is 0 Å². The van der Waals surface area contributed by atoms with Gasteiger partial charge in [-0.25, -0.2) is 4.79 Å². The largest absolute Gasteiger partial charge is 0.497 e. The van der Waals surface area contributed by atoms with Crippen LogP contribution in [0.2, 0.25) is 0 Å². The van der Waals surface area contributed by atoms with Gasteiger partial charge < -0.3 is 9.15 Å². The zero-order chi connectivity index (χ0) is 19.0. The van der Waals surface area contributed by atoms with Crippen LogP contribution in [0.5, 0.6) is 5.75 Å². The van der Waals surface area contributed by atoms with E-state index in [1.54, 1.807) is 13.2 Å². The summed E-state index contributed by atoms with van der Waals surface area (Å²) < 4.78 is 10.7. The first kappa shape index (κ1) is 17.8. The quantitative estimate of drug-likeness (QED) is 0.627. The molecule has 1 atom stereocenters. The molecule has 4 rings (SSSR count). The van der Waals surface area contributed by atoms with Crippen LogP contribution < -0.4 is 10.4 Å². The van der Waals surface area contributed by atoms with Crippen LogP contribution >= 0.6 is 0 Å². The van der Waals surface area contributed by atoms with Gasteiger partial charge in [0.2, 0.25) is 0 Å². The lowest BCUT2D eigenvalue weighted by Crippen LogP contribution is -2.23. The second-order valence-corrected chi connectivity index (χ2v) is 7.42. The Morgan fingerprint density at radius 1 is 1.11 bits per heavy atom. The first-order valence-corrected chi connectivity index (χ1v) is 9.47. The van der Waals surface area contributed by atoms with E-state index in [2.05, 4.69) is 30.0 Å². The molecule has 0 amide bonds. The number of rotatable bonds is 4. The lowest BCUT2D eigenvalue weighted by atomic mass is 10.0. The highest BCUT2D eigenvalue weighted by Crippen LogP contribution is 2.35. The SMILES string of the molecule is COc1ccc(C2CCCN2Cc2cc(=O)oc3cc(C)c(C)cc23)cc1. The molecular formula is C23H25NO3. The summed E-state index contributed by atoms with van der Waals surface area (Å²) in [7, 11) is 1.69. The number of ether oxygens (including phenoxy) is 1. The standard InChI is InChI=1S/C23H25NO3/c1-15-11-20-18(13-23(25)27-22(20)12-16(15)2)14-24-10-4-5-21(24)17-6-8-19(26-3)9-7-17/h6-9,11-13,21H,4-5,10,14H2,1-3H3. The van der Waals surface area contributed by atoms with Gasteiger partial charge >= 0.3 is 5.63 Å². The van der Waals surface area contributed by atoms with E-state index in [-0.39, 0.29) is 5.63 Å². The van der Waals surface area contributed by atoms with Crippen LogP contribution in [0.4, 0.5) is 0 Å². The maximum absolute atomic E-state index is 12.1. The van der Waals surface area contributed by atoms with E-state index in [4.69, 9.17) is 9.15 Å². The minimum absolute atomic E-state index is 0.277. The molecule has 4 nitrogen and oxygen atoms in total. The number of benzene rings is 2. The Bertz CT molecular complexity index is 1020. The zero-order valence-corrected chi connectivity index (χ0v) is 16.1. The molecule has 3 aromatic rings. The zero-order valence-electron chi connectivity index (χ0n) is 16.1. The van der Waals surface area contributed by atoms with E-state index in [9.17, 15) is 4.79 Å². The summed E-state index contributed by atoms with van der Waals surface area (Å²) in [6, 6.07) is 14.5. The van der Waals surface area contributed by atoms with Gasteiger partial charge in [-0.1, -0.05) is 12.1 Å². The molecule has 4 heteroatoms. The smallest absolute Gasteiger partial charge is 0.336 e. The molecule has 1 unspecified atom stereocenters. The molecule has 140 valence electrons. The first-order valence-electron chi connectivity index (χ1n) is 9.47. The van der Waals surface area contributed by atoms with Crippen molar-refractivity contribution in [3.8, 4) is 5.75 Å². The summed E-state index contributed by atoms with van der Waals surface area (Å²) in [6.45, 7) is 5.92. The maximum Gasteiger partial charge on any atom is 0.336 e. The molecule has 27 heavy (non-hydrogen) atoms. The summed E-state index contributed by atoms with van der Waals surface area (Å²) in [5.41, 5.74) is 5.10. The van der Waals surface area contributed by atoms with Gasteiger partial charge in [-0.2, -0.15) is 0 Å². The Hall–Kier alpha value is -2.59. The van der Waals surface area contributed by atoms with Gasteiger partial charge in [0.05, 0.1) is 7.11 Å². The summed E-state index contributed by atoms with van der Waals surface area (Å²) in [4.78, 5) is 14.6. The monoisotopic (exact) mass is 363 g/mol. The summed E-state index contributed by atoms with van der Waals surface area (Å²) in [5.74, 6) is 0.876. The van der Waals surface area contributed by atoms with Crippen molar-refractivity contribution in [3.05, 3.63) is 75.1 Å². The average Bonchev–Trinajstić information content (AvgIpc) is 3.11. The van der Waals surface area contributed by atoms with Gasteiger partial charge in [-0.3, -0.25) is 4.90 Å². The highest BCUT2D eigenvalue weighted by molar-refractivity contribution is 5.81. The number of fused-ring (bicyclic) bond motifs is 1. The highest BCUT2D eigenvalue weighted by Gasteiger charge is 2.26. The predicted octanol–water partition coefficient (Wildman–Crippen LogP) is 4.76. The number of nitrogens with zero attached hydrogens (tertiary/aromatic N) is 1. The van der Waals surface area contributed by atoms with Crippen molar-refractivity contribution in [1.29, 1.82) is 0 Å². The van der Waals surface area contributed by atoms with Crippen LogP contribution in [0.3, 0.4) is 0 Å². The highest BCUT2D eigenvalue weighted by atomic mass is 16.5. The molecule has 0 spiro atoms. The summed E-state index contributed by atoms with van der Waals surface area (Å²) in [5, 5.41) is 1.04. The van der Waals surface area contributed by atoms with Crippen molar-refractivity contribution in [2.75, 3.05) is 13.7 Å². The fraction of sp³-hybridized carbons (Fsp3) is 0.348. The van der Waals surface area contributed by atoms with Crippen LogP contribution in [-0.2, 0) is 6.54 Å². The lowest BCUT2D eigenvalue weighted by molar-refractivity contribution is 0.249. The molecule has 0 radical (unpaired) electrons. The van der Waals surface area contributed by atoms with Crippen molar-refractivity contribution < 1.29 is 9.15 Å². The second kappa shape index (κ2) is 7.20. The van der Waals surface area contributed by atoms with Crippen LogP contribution in [0.25, 0.3) is 11.0 Å². The Balaban J connectivity index is 1.68. The van der Waals surface area contributed by atoms with E-state index >= 15 is 0 Å². The number of methoxy groups -OCH3 is 1. The van der Waals surface area contributed by atoms with Crippen molar-refractivity contribution in [2.45, 2.75) is 39.3 Å². The molecule has 0 N–H and O–H groups in total. The Labute approximate surface area is 159 Å². The molecule has 2 aromatic carbocycles. The lowest BCUT2D eigenvalue weighted by Gasteiger charge is -2.25. The summed E-state index contributed by atoms with van der Waals surface area (Å²) in [6.07, 6.45) is 2.29. The molecule has 0 bridgehead atoms. The normalized spacial score (nSPS) is 17.5. The van der Waals surface area contributed by atoms with Crippen molar-refractivity contribution >= 4 is 11.0 Å². The Kier molecular flexibility index (Phi) is 4.75. The Morgan fingerprint density at radius 3 is 2.59 bits per heavy atom. The van der Waals surface area contributed by atoms with Gasteiger partial charge in [-0.15, -0.1) is 0 Å². The third kappa shape index (κ3) is 3.50. The molecule has 0 saturated carbocycles. The second-order valence-electron chi connectivity index (χ2n) is 7.42. The minimum Gasteiger partial charge on any atom is -0.497 e. The topological polar surface area (TPSA) is 42.7 Å². The van der Waals surface area contributed by atoms with Crippen LogP contribution in [0.1, 0.15) is 41.1 Å². The van der Waals surface area contributed by atoms with Crippen LogP contribution in [0, 0.1) is 13.8 Å². The van der Waals surface area contributed by atoms with E-state index in [0.717, 1.165) is 48.2 Å². The van der Waals surface area contributed by atoms with Crippen molar-refractivity contribution in [1.82, 2.24) is 4.90 Å². The van der Waals surface area contributed by atoms with Gasteiger partial charge in [-0.05, 0) is 79.8 Å². The molecular weight excluding hydrogens is 338 g/mol. The van der Waals surface area contributed by atoms with Gasteiger partial charge in [0.1, 0.15) is 11.3 Å². The molecule has 0 aliphatic carbocycles. The predicted molar refractivity (Wildman–Crippen MR) is 107 cm³/mol. The fourth-order valence-corrected chi connectivity index (χ4v) is 4.05. The van der Waals surface area contributed by atoms with E-state index < -0.39 is 0 Å². The number of aryl methyl sites for hydroxylation is 2. The average molecular weight is 363 g/mol. The molecule has 2 heterocycles. The minimum atomic E-state index is -0.277. The van der Waals surface area contributed by atoms with Gasteiger partial charge in [0.25, 0.3) is 0 Å². The molecule has 1 aliphatic rings. The van der Waals surface area contributed by atoms with E-state index in [0.29, 0.717) is 11.6 Å². The van der Waals surface area contributed by atoms with Crippen LogP contribution in [0.15, 0.2) is 51.7 Å². The number of hydrogen-bond donors (Lipinski definition) is 0. The third-order valence-electron chi connectivity index (χ3n) is 5.68. The fourth-order valence-electron chi connectivity index (χ4n) is 4.05. The van der Waals surface area contributed by atoms with Crippen LogP contribution in [-0.4, -0.2) is 18.6 Å². The van der Waals surface area contributed by atoms with Gasteiger partial charge in [0.15, 0.2) is 0 Å². The van der Waals surface area contributed by atoms with E-state index in [1.165, 1.54) is 11.1 Å². The first-order chi connectivity index (χ1) is 13.0. The summed E-state index contributed by atoms with van der Waals surface area (Å²) >= 11 is 0. The maximum atomic E-state index is 12.1. The molecule has 1 saturated heterocycles. The third-order valence-corrected chi connectivity index (χ3v) is 5.68. The molecule has 1 aliphatic heterocycles.